The molecule has 0 spiro atoms. The first-order valence-electron chi connectivity index (χ1n) is 7.07. The molecule has 23 heavy (non-hydrogen) atoms. The molecule has 1 aromatic carbocycles. The normalized spacial score (nSPS) is 10.4. The van der Waals surface area contributed by atoms with Gasteiger partial charge in [-0.1, -0.05) is 17.8 Å². The number of hydrogen-bond acceptors (Lipinski definition) is 6. The van der Waals surface area contributed by atoms with Crippen LogP contribution in [-0.2, 0) is 4.79 Å². The van der Waals surface area contributed by atoms with Crippen molar-refractivity contribution in [1.29, 1.82) is 0 Å². The summed E-state index contributed by atoms with van der Waals surface area (Å²) in [5.41, 5.74) is 3.13. The molecule has 0 saturated heterocycles. The topological polar surface area (TPSA) is 102 Å². The summed E-state index contributed by atoms with van der Waals surface area (Å²) in [6.45, 7) is 6.27. The molecule has 0 radical (unpaired) electrons. The second kappa shape index (κ2) is 7.73. The number of benzene rings is 1. The Kier molecular flexibility index (Phi) is 5.69. The van der Waals surface area contributed by atoms with Crippen molar-refractivity contribution >= 4 is 23.7 Å². The standard InChI is InChI=1S/C14H18N6O2S/c1-4-15-13(22)16-12(21)8-23-14-17-18-19-20(14)11-6-5-9(2)10(3)7-11/h5-7H,4,8H2,1-3H3,(H2,15,16,21,22). The zero-order valence-electron chi connectivity index (χ0n) is 13.2. The summed E-state index contributed by atoms with van der Waals surface area (Å²) in [5.74, 6) is -0.363. The van der Waals surface area contributed by atoms with Gasteiger partial charge < -0.3 is 5.32 Å². The summed E-state index contributed by atoms with van der Waals surface area (Å²) >= 11 is 1.16. The first kappa shape index (κ1) is 16.9. The van der Waals surface area contributed by atoms with Crippen LogP contribution < -0.4 is 10.6 Å². The number of tetrazole rings is 1. The molecule has 0 aliphatic rings. The largest absolute Gasteiger partial charge is 0.338 e. The summed E-state index contributed by atoms with van der Waals surface area (Å²) < 4.78 is 1.57. The van der Waals surface area contributed by atoms with Crippen LogP contribution in [0, 0.1) is 13.8 Å². The van der Waals surface area contributed by atoms with Gasteiger partial charge >= 0.3 is 6.03 Å². The van der Waals surface area contributed by atoms with Crippen LogP contribution in [0.1, 0.15) is 18.1 Å². The van der Waals surface area contributed by atoms with E-state index >= 15 is 0 Å². The number of imide groups is 1. The van der Waals surface area contributed by atoms with E-state index in [1.165, 1.54) is 5.56 Å². The molecule has 0 saturated carbocycles. The average molecular weight is 334 g/mol. The van der Waals surface area contributed by atoms with E-state index in [1.807, 2.05) is 32.0 Å². The third-order valence-electron chi connectivity index (χ3n) is 3.10. The van der Waals surface area contributed by atoms with Crippen LogP contribution in [0.15, 0.2) is 23.4 Å². The van der Waals surface area contributed by atoms with Gasteiger partial charge in [0.05, 0.1) is 11.4 Å². The Morgan fingerprint density at radius 1 is 1.26 bits per heavy atom. The highest BCUT2D eigenvalue weighted by Crippen LogP contribution is 2.19. The van der Waals surface area contributed by atoms with Gasteiger partial charge in [0.25, 0.3) is 0 Å². The molecule has 3 amide bonds. The van der Waals surface area contributed by atoms with Gasteiger partial charge in [-0.2, -0.15) is 4.68 Å². The summed E-state index contributed by atoms with van der Waals surface area (Å²) in [6.07, 6.45) is 0. The SMILES string of the molecule is CCNC(=O)NC(=O)CSc1nnnn1-c1ccc(C)c(C)c1. The van der Waals surface area contributed by atoms with E-state index in [-0.39, 0.29) is 5.75 Å². The number of urea groups is 1. The van der Waals surface area contributed by atoms with Crippen LogP contribution in [0.2, 0.25) is 0 Å². The number of nitrogens with one attached hydrogen (secondary N) is 2. The Labute approximate surface area is 138 Å². The lowest BCUT2D eigenvalue weighted by Gasteiger charge is -2.07. The van der Waals surface area contributed by atoms with Gasteiger partial charge in [-0.05, 0) is 54.5 Å². The van der Waals surface area contributed by atoms with Gasteiger partial charge in [-0.25, -0.2) is 4.79 Å². The van der Waals surface area contributed by atoms with Gasteiger partial charge in [0, 0.05) is 6.54 Å². The van der Waals surface area contributed by atoms with Crippen molar-refractivity contribution in [2.24, 2.45) is 0 Å². The maximum absolute atomic E-state index is 11.7. The third-order valence-corrected chi connectivity index (χ3v) is 4.02. The number of amides is 3. The second-order valence-electron chi connectivity index (χ2n) is 4.84. The van der Waals surface area contributed by atoms with Crippen molar-refractivity contribution in [3.8, 4) is 5.69 Å². The number of aryl methyl sites for hydroxylation is 2. The van der Waals surface area contributed by atoms with Crippen LogP contribution >= 0.6 is 11.8 Å². The number of carbonyl (C=O) groups is 2. The molecule has 1 heterocycles. The van der Waals surface area contributed by atoms with E-state index in [0.717, 1.165) is 23.0 Å². The van der Waals surface area contributed by atoms with Crippen molar-refractivity contribution in [3.63, 3.8) is 0 Å². The maximum Gasteiger partial charge on any atom is 0.321 e. The Hall–Kier alpha value is -2.42. The number of rotatable bonds is 5. The van der Waals surface area contributed by atoms with Gasteiger partial charge in [-0.15, -0.1) is 5.10 Å². The number of nitrogens with zero attached hydrogens (tertiary/aromatic N) is 4. The van der Waals surface area contributed by atoms with E-state index in [9.17, 15) is 9.59 Å². The number of hydrogen-bond donors (Lipinski definition) is 2. The Morgan fingerprint density at radius 3 is 2.74 bits per heavy atom. The quantitative estimate of drug-likeness (QED) is 0.797. The highest BCUT2D eigenvalue weighted by atomic mass is 32.2. The van der Waals surface area contributed by atoms with Crippen LogP contribution in [0.25, 0.3) is 5.69 Å². The van der Waals surface area contributed by atoms with Gasteiger partial charge in [0.15, 0.2) is 0 Å². The summed E-state index contributed by atoms with van der Waals surface area (Å²) in [4.78, 5) is 23.0. The van der Waals surface area contributed by atoms with E-state index in [2.05, 4.69) is 26.2 Å². The lowest BCUT2D eigenvalue weighted by Crippen LogP contribution is -2.40. The highest BCUT2D eigenvalue weighted by Gasteiger charge is 2.13. The molecule has 2 N–H and O–H groups in total. The summed E-state index contributed by atoms with van der Waals surface area (Å²) in [5, 5.41) is 16.7. The van der Waals surface area contributed by atoms with Crippen LogP contribution in [0.5, 0.6) is 0 Å². The number of aromatic nitrogens is 4. The average Bonchev–Trinajstić information content (AvgIpc) is 2.96. The van der Waals surface area contributed by atoms with Gasteiger partial charge in [0.2, 0.25) is 11.1 Å². The monoisotopic (exact) mass is 334 g/mol. The van der Waals surface area contributed by atoms with Crippen molar-refractivity contribution < 1.29 is 9.59 Å². The fourth-order valence-corrected chi connectivity index (χ4v) is 2.48. The molecule has 0 atom stereocenters. The smallest absolute Gasteiger partial charge is 0.321 e. The Bertz CT molecular complexity index is 715. The van der Waals surface area contributed by atoms with E-state index < -0.39 is 11.9 Å². The molecule has 0 aliphatic heterocycles. The minimum absolute atomic E-state index is 0.0440. The van der Waals surface area contributed by atoms with Crippen LogP contribution in [0.4, 0.5) is 4.79 Å². The zero-order chi connectivity index (χ0) is 16.8. The van der Waals surface area contributed by atoms with E-state index in [4.69, 9.17) is 0 Å². The molecule has 2 rings (SSSR count). The molecular weight excluding hydrogens is 316 g/mol. The highest BCUT2D eigenvalue weighted by molar-refractivity contribution is 7.99. The lowest BCUT2D eigenvalue weighted by atomic mass is 10.1. The molecule has 0 fully saturated rings. The molecule has 2 aromatic rings. The molecule has 1 aromatic heterocycles. The fraction of sp³-hybridized carbons (Fsp3) is 0.357. The zero-order valence-corrected chi connectivity index (χ0v) is 14.0. The first-order chi connectivity index (χ1) is 11.0. The molecule has 8 nitrogen and oxygen atoms in total. The van der Waals surface area contributed by atoms with Crippen LogP contribution in [-0.4, -0.2) is 44.4 Å². The molecular formula is C14H18N6O2S. The molecule has 0 unspecified atom stereocenters. The summed E-state index contributed by atoms with van der Waals surface area (Å²) in [6, 6.07) is 5.37. The predicted octanol–water partition coefficient (Wildman–Crippen LogP) is 1.22. The van der Waals surface area contributed by atoms with Crippen molar-refractivity contribution in [1.82, 2.24) is 30.8 Å². The van der Waals surface area contributed by atoms with E-state index in [1.54, 1.807) is 11.6 Å². The third kappa shape index (κ3) is 4.52. The maximum atomic E-state index is 11.7. The van der Waals surface area contributed by atoms with Crippen LogP contribution in [0.3, 0.4) is 0 Å². The Balaban J connectivity index is 2.02. The lowest BCUT2D eigenvalue weighted by molar-refractivity contribution is -0.117. The predicted molar refractivity (Wildman–Crippen MR) is 86.6 cm³/mol. The molecule has 0 aliphatic carbocycles. The minimum Gasteiger partial charge on any atom is -0.338 e. The Morgan fingerprint density at radius 2 is 2.04 bits per heavy atom. The fourth-order valence-electron chi connectivity index (χ4n) is 1.79. The first-order valence-corrected chi connectivity index (χ1v) is 8.06. The molecule has 122 valence electrons. The number of carbonyl (C=O) groups excluding carboxylic acids is 2. The second-order valence-corrected chi connectivity index (χ2v) is 5.78. The molecule has 0 bridgehead atoms. The van der Waals surface area contributed by atoms with Crippen molar-refractivity contribution in [2.75, 3.05) is 12.3 Å². The summed E-state index contributed by atoms with van der Waals surface area (Å²) in [7, 11) is 0. The van der Waals surface area contributed by atoms with Gasteiger partial charge in [0.1, 0.15) is 0 Å². The number of thioether (sulfide) groups is 1. The van der Waals surface area contributed by atoms with Crippen molar-refractivity contribution in [2.45, 2.75) is 25.9 Å². The molecule has 9 heteroatoms. The van der Waals surface area contributed by atoms with E-state index in [0.29, 0.717) is 11.7 Å². The van der Waals surface area contributed by atoms with Crippen molar-refractivity contribution in [3.05, 3.63) is 29.3 Å². The minimum atomic E-state index is -0.508. The van der Waals surface area contributed by atoms with Gasteiger partial charge in [-0.3, -0.25) is 10.1 Å².